The zero-order valence-electron chi connectivity index (χ0n) is 22.2. The second kappa shape index (κ2) is 14.5. The number of amides is 1. The number of ether oxygens (including phenoxy) is 2. The monoisotopic (exact) mass is 530 g/mol. The number of esters is 2. The molecule has 0 saturated heterocycles. The van der Waals surface area contributed by atoms with Crippen LogP contribution in [0, 0.1) is 5.41 Å². The van der Waals surface area contributed by atoms with E-state index in [1.165, 1.54) is 13.8 Å². The van der Waals surface area contributed by atoms with Crippen molar-refractivity contribution in [2.24, 2.45) is 5.41 Å². The molecule has 10 heteroatoms. The van der Waals surface area contributed by atoms with Gasteiger partial charge in [-0.1, -0.05) is 38.1 Å². The van der Waals surface area contributed by atoms with Gasteiger partial charge in [0.1, 0.15) is 0 Å². The van der Waals surface area contributed by atoms with Gasteiger partial charge in [0.2, 0.25) is 5.91 Å². The van der Waals surface area contributed by atoms with Crippen LogP contribution in [0.25, 0.3) is 0 Å². The van der Waals surface area contributed by atoms with Crippen molar-refractivity contribution in [3.63, 3.8) is 0 Å². The van der Waals surface area contributed by atoms with Crippen molar-refractivity contribution in [3.05, 3.63) is 35.4 Å². The summed E-state index contributed by atoms with van der Waals surface area (Å²) < 4.78 is 40.1. The maximum atomic E-state index is 15.1. The fraction of sp³-hybridized carbons (Fsp3) is 0.654. The first kappa shape index (κ1) is 31.8. The van der Waals surface area contributed by atoms with E-state index in [2.05, 4.69) is 10.9 Å². The first-order valence-corrected chi connectivity index (χ1v) is 13.3. The standard InChI is InChI=1S/C26H40F2N2O5S/c1-7-34-21(31)13-12-19-10-9-11-20(16-19)25(5,23(33)30-29-6)15-14-24(3,4)26(27,28)18-36-17-22(32)35-8-2/h9-11,16,29H,7-8,12-15,17-18H2,1-6H3,(H,30,33). The lowest BCUT2D eigenvalue weighted by atomic mass is 9.71. The predicted octanol–water partition coefficient (Wildman–Crippen LogP) is 4.43. The number of carbonyl (C=O) groups excluding carboxylic acids is 3. The SMILES string of the molecule is CCOC(=O)CCc1cccc(C(C)(CCC(C)(C)C(F)(F)CSCC(=O)OCC)C(=O)NNC)c1. The van der Waals surface area contributed by atoms with Crippen molar-refractivity contribution in [1.82, 2.24) is 10.9 Å². The maximum Gasteiger partial charge on any atom is 0.315 e. The molecule has 1 amide bonds. The molecule has 2 N–H and O–H groups in total. The van der Waals surface area contributed by atoms with E-state index in [4.69, 9.17) is 9.47 Å². The summed E-state index contributed by atoms with van der Waals surface area (Å²) in [4.78, 5) is 36.4. The van der Waals surface area contributed by atoms with Gasteiger partial charge in [-0.15, -0.1) is 11.8 Å². The summed E-state index contributed by atoms with van der Waals surface area (Å²) in [6.45, 7) is 8.61. The van der Waals surface area contributed by atoms with E-state index >= 15 is 8.78 Å². The highest BCUT2D eigenvalue weighted by atomic mass is 32.2. The van der Waals surface area contributed by atoms with Crippen molar-refractivity contribution in [2.75, 3.05) is 31.8 Å². The summed E-state index contributed by atoms with van der Waals surface area (Å²) in [5.41, 5.74) is 4.22. The van der Waals surface area contributed by atoms with E-state index in [9.17, 15) is 14.4 Å². The van der Waals surface area contributed by atoms with Crippen LogP contribution in [0.4, 0.5) is 8.78 Å². The van der Waals surface area contributed by atoms with E-state index in [0.29, 0.717) is 18.6 Å². The Morgan fingerprint density at radius 1 is 1.00 bits per heavy atom. The minimum Gasteiger partial charge on any atom is -0.466 e. The molecule has 0 heterocycles. The molecule has 0 aromatic heterocycles. The van der Waals surface area contributed by atoms with Crippen LogP contribution in [0.15, 0.2) is 24.3 Å². The number of carbonyl (C=O) groups is 3. The molecule has 36 heavy (non-hydrogen) atoms. The number of halogens is 2. The second-order valence-electron chi connectivity index (χ2n) is 9.43. The molecule has 0 bridgehead atoms. The number of hydrazine groups is 1. The molecule has 1 aromatic carbocycles. The Hall–Kier alpha value is -2.20. The minimum absolute atomic E-state index is 0.0562. The Morgan fingerprint density at radius 2 is 1.64 bits per heavy atom. The van der Waals surface area contributed by atoms with E-state index < -0.39 is 28.5 Å². The van der Waals surface area contributed by atoms with E-state index in [1.807, 2.05) is 12.1 Å². The molecule has 0 aliphatic carbocycles. The van der Waals surface area contributed by atoms with Gasteiger partial charge in [-0.25, -0.2) is 14.2 Å². The minimum atomic E-state index is -3.08. The lowest BCUT2D eigenvalue weighted by Crippen LogP contribution is -2.48. The van der Waals surface area contributed by atoms with Crippen molar-refractivity contribution in [1.29, 1.82) is 0 Å². The average molecular weight is 531 g/mol. The van der Waals surface area contributed by atoms with Crippen molar-refractivity contribution in [3.8, 4) is 0 Å². The molecule has 0 fully saturated rings. The number of hydrogen-bond donors (Lipinski definition) is 2. The second-order valence-corrected chi connectivity index (χ2v) is 10.4. The first-order valence-electron chi connectivity index (χ1n) is 12.2. The number of nitrogens with one attached hydrogen (secondary N) is 2. The highest BCUT2D eigenvalue weighted by Gasteiger charge is 2.48. The molecule has 7 nitrogen and oxygen atoms in total. The Labute approximate surface area is 217 Å². The summed E-state index contributed by atoms with van der Waals surface area (Å²) in [6, 6.07) is 7.29. The van der Waals surface area contributed by atoms with Crippen molar-refractivity contribution >= 4 is 29.6 Å². The molecule has 0 aliphatic heterocycles. The van der Waals surface area contributed by atoms with E-state index in [0.717, 1.165) is 17.3 Å². The zero-order chi connectivity index (χ0) is 27.4. The maximum absolute atomic E-state index is 15.1. The normalized spacial score (nSPS) is 13.6. The highest BCUT2D eigenvalue weighted by molar-refractivity contribution is 8.00. The lowest BCUT2D eigenvalue weighted by Gasteiger charge is -2.37. The molecule has 204 valence electrons. The van der Waals surface area contributed by atoms with Gasteiger partial charge < -0.3 is 9.47 Å². The third-order valence-electron chi connectivity index (χ3n) is 6.28. The first-order chi connectivity index (χ1) is 16.8. The Morgan fingerprint density at radius 3 is 2.25 bits per heavy atom. The Bertz CT molecular complexity index is 882. The number of aryl methyl sites for hydroxylation is 1. The molecule has 0 spiro atoms. The fourth-order valence-electron chi connectivity index (χ4n) is 3.60. The number of benzene rings is 1. The lowest BCUT2D eigenvalue weighted by molar-refractivity contribution is -0.143. The smallest absolute Gasteiger partial charge is 0.315 e. The zero-order valence-corrected chi connectivity index (χ0v) is 23.0. The van der Waals surface area contributed by atoms with Crippen LogP contribution in [0.2, 0.25) is 0 Å². The number of alkyl halides is 2. The summed E-state index contributed by atoms with van der Waals surface area (Å²) in [5.74, 6) is -4.91. The number of rotatable bonds is 16. The highest BCUT2D eigenvalue weighted by Crippen LogP contribution is 2.45. The van der Waals surface area contributed by atoms with Crippen LogP contribution in [-0.2, 0) is 35.7 Å². The Balaban J connectivity index is 3.04. The number of thioether (sulfide) groups is 1. The third-order valence-corrected chi connectivity index (χ3v) is 7.28. The number of hydrogen-bond acceptors (Lipinski definition) is 7. The van der Waals surface area contributed by atoms with Crippen LogP contribution in [0.5, 0.6) is 0 Å². The van der Waals surface area contributed by atoms with Gasteiger partial charge in [-0.2, -0.15) is 0 Å². The summed E-state index contributed by atoms with van der Waals surface area (Å²) in [7, 11) is 1.56. The van der Waals surface area contributed by atoms with Crippen molar-refractivity contribution < 1.29 is 32.6 Å². The topological polar surface area (TPSA) is 93.7 Å². The molecule has 0 radical (unpaired) electrons. The van der Waals surface area contributed by atoms with Crippen LogP contribution < -0.4 is 10.9 Å². The molecule has 1 unspecified atom stereocenters. The molecular formula is C26H40F2N2O5S. The molecule has 1 aromatic rings. The van der Waals surface area contributed by atoms with Crippen LogP contribution >= 0.6 is 11.8 Å². The molecule has 1 atom stereocenters. The van der Waals surface area contributed by atoms with Gasteiger partial charge in [0.15, 0.2) is 0 Å². The largest absolute Gasteiger partial charge is 0.466 e. The van der Waals surface area contributed by atoms with Gasteiger partial charge >= 0.3 is 11.9 Å². The van der Waals surface area contributed by atoms with Gasteiger partial charge in [0.25, 0.3) is 5.92 Å². The van der Waals surface area contributed by atoms with Crippen molar-refractivity contribution in [2.45, 2.75) is 71.6 Å². The third kappa shape index (κ3) is 9.35. The fourth-order valence-corrected chi connectivity index (χ4v) is 4.60. The van der Waals surface area contributed by atoms with E-state index in [1.54, 1.807) is 40.0 Å². The average Bonchev–Trinajstić information content (AvgIpc) is 2.81. The van der Waals surface area contributed by atoms with Gasteiger partial charge in [-0.05, 0) is 51.2 Å². The predicted molar refractivity (Wildman–Crippen MR) is 138 cm³/mol. The van der Waals surface area contributed by atoms with Gasteiger partial charge in [0, 0.05) is 18.9 Å². The molecule has 1 rings (SSSR count). The van der Waals surface area contributed by atoms with Crippen LogP contribution in [0.3, 0.4) is 0 Å². The molecule has 0 aliphatic rings. The van der Waals surface area contributed by atoms with E-state index in [-0.39, 0.29) is 43.5 Å². The summed E-state index contributed by atoms with van der Waals surface area (Å²) in [6.07, 6.45) is 0.866. The van der Waals surface area contributed by atoms with Crippen LogP contribution in [0.1, 0.15) is 65.0 Å². The Kier molecular flexibility index (Phi) is 12.8. The van der Waals surface area contributed by atoms with Crippen LogP contribution in [-0.4, -0.2) is 55.5 Å². The van der Waals surface area contributed by atoms with Gasteiger partial charge in [0.05, 0.1) is 30.1 Å². The molecule has 0 saturated carbocycles. The summed E-state index contributed by atoms with van der Waals surface area (Å²) in [5, 5.41) is 0. The summed E-state index contributed by atoms with van der Waals surface area (Å²) >= 11 is 0.841. The van der Waals surface area contributed by atoms with Gasteiger partial charge in [-0.3, -0.25) is 19.8 Å². The molecular weight excluding hydrogens is 490 g/mol. The quantitative estimate of drug-likeness (QED) is 0.241.